The lowest BCUT2D eigenvalue weighted by atomic mass is 10.0. The van der Waals surface area contributed by atoms with Gasteiger partial charge >= 0.3 is 0 Å². The van der Waals surface area contributed by atoms with Gasteiger partial charge in [0.15, 0.2) is 0 Å². The molecule has 0 heterocycles. The lowest BCUT2D eigenvalue weighted by molar-refractivity contribution is -0.126. The molecule has 0 bridgehead atoms. The van der Waals surface area contributed by atoms with Gasteiger partial charge in [-0.25, -0.2) is 0 Å². The number of amides is 1. The van der Waals surface area contributed by atoms with Crippen LogP contribution in [0.3, 0.4) is 0 Å². The largest absolute Gasteiger partial charge is 0.359 e. The molecule has 0 aromatic carbocycles. The van der Waals surface area contributed by atoms with Crippen molar-refractivity contribution < 1.29 is 4.79 Å². The number of nitrogens with one attached hydrogen (secondary N) is 1. The molecule has 0 spiro atoms. The first-order chi connectivity index (χ1) is 4.79. The normalized spacial score (nSPS) is 42.7. The van der Waals surface area contributed by atoms with Crippen molar-refractivity contribution in [3.8, 4) is 0 Å². The van der Waals surface area contributed by atoms with Crippen molar-refractivity contribution in [1.82, 2.24) is 5.32 Å². The van der Waals surface area contributed by atoms with Gasteiger partial charge < -0.3 is 5.32 Å². The Labute approximate surface area is 61.0 Å². The second-order valence-electron chi connectivity index (χ2n) is 3.53. The van der Waals surface area contributed by atoms with E-state index >= 15 is 0 Å². The molecule has 0 radical (unpaired) electrons. The maximum Gasteiger partial charge on any atom is 0.226 e. The molecule has 2 aliphatic rings. The molecule has 1 N–H and O–H groups in total. The fraction of sp³-hybridized carbons (Fsp3) is 0.875. The third-order valence-electron chi connectivity index (χ3n) is 3.09. The molecule has 2 unspecified atom stereocenters. The Morgan fingerprint density at radius 1 is 1.70 bits per heavy atom. The quantitative estimate of drug-likeness (QED) is 0.575. The van der Waals surface area contributed by atoms with E-state index in [1.165, 1.54) is 12.8 Å². The highest BCUT2D eigenvalue weighted by Crippen LogP contribution is 2.63. The Bertz CT molecular complexity index is 178. The number of hydrogen-bond donors (Lipinski definition) is 1. The average molecular weight is 139 g/mol. The van der Waals surface area contributed by atoms with Crippen LogP contribution in [0.2, 0.25) is 0 Å². The summed E-state index contributed by atoms with van der Waals surface area (Å²) in [6, 6.07) is 0. The van der Waals surface area contributed by atoms with Gasteiger partial charge in [-0.1, -0.05) is 6.42 Å². The van der Waals surface area contributed by atoms with Gasteiger partial charge in [0.1, 0.15) is 0 Å². The van der Waals surface area contributed by atoms with Crippen LogP contribution in [0.4, 0.5) is 0 Å². The number of rotatable bonds is 1. The number of fused-ring (bicyclic) bond motifs is 1. The lowest BCUT2D eigenvalue weighted by Gasteiger charge is -2.07. The number of hydrogen-bond acceptors (Lipinski definition) is 1. The summed E-state index contributed by atoms with van der Waals surface area (Å²) in [4.78, 5) is 11.3. The third-order valence-corrected chi connectivity index (χ3v) is 3.09. The molecule has 2 atom stereocenters. The van der Waals surface area contributed by atoms with Crippen molar-refractivity contribution in [3.05, 3.63) is 0 Å². The van der Waals surface area contributed by atoms with E-state index in [9.17, 15) is 4.79 Å². The molecule has 1 amide bonds. The van der Waals surface area contributed by atoms with Crippen LogP contribution in [0.5, 0.6) is 0 Å². The number of carbonyl (C=O) groups is 1. The van der Waals surface area contributed by atoms with E-state index in [1.807, 2.05) is 0 Å². The Kier molecular flexibility index (Phi) is 1.08. The predicted molar refractivity (Wildman–Crippen MR) is 38.5 cm³/mol. The molecule has 56 valence electrons. The molecule has 2 fully saturated rings. The monoisotopic (exact) mass is 139 g/mol. The van der Waals surface area contributed by atoms with E-state index in [2.05, 4.69) is 5.32 Å². The summed E-state index contributed by atoms with van der Waals surface area (Å²) < 4.78 is 0. The van der Waals surface area contributed by atoms with Crippen LogP contribution in [0.25, 0.3) is 0 Å². The minimum atomic E-state index is 0.120. The second-order valence-corrected chi connectivity index (χ2v) is 3.53. The van der Waals surface area contributed by atoms with Gasteiger partial charge in [0.25, 0.3) is 0 Å². The number of carbonyl (C=O) groups excluding carboxylic acids is 1. The highest BCUT2D eigenvalue weighted by molar-refractivity contribution is 5.86. The van der Waals surface area contributed by atoms with Crippen molar-refractivity contribution in [2.24, 2.45) is 11.3 Å². The van der Waals surface area contributed by atoms with E-state index in [1.54, 1.807) is 7.05 Å². The first-order valence-electron chi connectivity index (χ1n) is 4.02. The molecule has 0 saturated heterocycles. The van der Waals surface area contributed by atoms with Crippen LogP contribution in [0.1, 0.15) is 25.7 Å². The molecule has 2 heteroatoms. The summed E-state index contributed by atoms with van der Waals surface area (Å²) >= 11 is 0. The topological polar surface area (TPSA) is 29.1 Å². The van der Waals surface area contributed by atoms with Crippen molar-refractivity contribution in [2.75, 3.05) is 7.05 Å². The Morgan fingerprint density at radius 3 is 2.90 bits per heavy atom. The summed E-state index contributed by atoms with van der Waals surface area (Å²) in [5, 5.41) is 2.75. The van der Waals surface area contributed by atoms with E-state index in [0.717, 1.165) is 18.8 Å². The van der Waals surface area contributed by atoms with E-state index in [0.29, 0.717) is 0 Å². The summed E-state index contributed by atoms with van der Waals surface area (Å²) in [5.74, 6) is 1.03. The molecule has 2 nitrogen and oxygen atoms in total. The van der Waals surface area contributed by atoms with Crippen LogP contribution >= 0.6 is 0 Å². The zero-order chi connectivity index (χ0) is 7.19. The minimum Gasteiger partial charge on any atom is -0.359 e. The predicted octanol–water partition coefficient (Wildman–Crippen LogP) is 0.923. The molecule has 2 aliphatic carbocycles. The first kappa shape index (κ1) is 6.20. The Balaban J connectivity index is 2.11. The SMILES string of the molecule is CNC(=O)C12CCCC1C2. The van der Waals surface area contributed by atoms with Gasteiger partial charge in [-0.05, 0) is 25.2 Å². The first-order valence-corrected chi connectivity index (χ1v) is 4.02. The van der Waals surface area contributed by atoms with Crippen molar-refractivity contribution in [2.45, 2.75) is 25.7 Å². The summed E-state index contributed by atoms with van der Waals surface area (Å²) in [7, 11) is 1.74. The van der Waals surface area contributed by atoms with Gasteiger partial charge in [0.05, 0.1) is 5.41 Å². The maximum absolute atomic E-state index is 11.3. The average Bonchev–Trinajstić information content (AvgIpc) is 2.54. The molecular weight excluding hydrogens is 126 g/mol. The molecule has 10 heavy (non-hydrogen) atoms. The van der Waals surface area contributed by atoms with Crippen LogP contribution < -0.4 is 5.32 Å². The van der Waals surface area contributed by atoms with Gasteiger partial charge in [-0.2, -0.15) is 0 Å². The van der Waals surface area contributed by atoms with Gasteiger partial charge in [0.2, 0.25) is 5.91 Å². The fourth-order valence-corrected chi connectivity index (χ4v) is 2.37. The molecule has 2 saturated carbocycles. The Morgan fingerprint density at radius 2 is 2.50 bits per heavy atom. The maximum atomic E-state index is 11.3. The molecule has 0 aliphatic heterocycles. The summed E-state index contributed by atoms with van der Waals surface area (Å²) in [5.41, 5.74) is 0.120. The zero-order valence-electron chi connectivity index (χ0n) is 6.31. The fourth-order valence-electron chi connectivity index (χ4n) is 2.37. The smallest absolute Gasteiger partial charge is 0.226 e. The van der Waals surface area contributed by atoms with Crippen molar-refractivity contribution >= 4 is 5.91 Å². The van der Waals surface area contributed by atoms with Gasteiger partial charge in [-0.3, -0.25) is 4.79 Å². The van der Waals surface area contributed by atoms with Crippen molar-refractivity contribution in [3.63, 3.8) is 0 Å². The second kappa shape index (κ2) is 1.74. The third kappa shape index (κ3) is 0.568. The summed E-state index contributed by atoms with van der Waals surface area (Å²) in [6.07, 6.45) is 4.84. The highest BCUT2D eigenvalue weighted by atomic mass is 16.2. The highest BCUT2D eigenvalue weighted by Gasteiger charge is 2.61. The van der Waals surface area contributed by atoms with Gasteiger partial charge in [-0.15, -0.1) is 0 Å². The van der Waals surface area contributed by atoms with E-state index in [-0.39, 0.29) is 11.3 Å². The molecule has 0 aromatic heterocycles. The van der Waals surface area contributed by atoms with Crippen LogP contribution in [0, 0.1) is 11.3 Å². The van der Waals surface area contributed by atoms with Crippen molar-refractivity contribution in [1.29, 1.82) is 0 Å². The molecule has 2 rings (SSSR count). The van der Waals surface area contributed by atoms with Crippen LogP contribution in [0.15, 0.2) is 0 Å². The van der Waals surface area contributed by atoms with E-state index in [4.69, 9.17) is 0 Å². The van der Waals surface area contributed by atoms with E-state index < -0.39 is 0 Å². The summed E-state index contributed by atoms with van der Waals surface area (Å²) in [6.45, 7) is 0. The molecule has 0 aromatic rings. The van der Waals surface area contributed by atoms with Crippen LogP contribution in [-0.4, -0.2) is 13.0 Å². The minimum absolute atomic E-state index is 0.120. The standard InChI is InChI=1S/C8H13NO/c1-9-7(10)8-4-2-3-6(8)5-8/h6H,2-5H2,1H3,(H,9,10). The van der Waals surface area contributed by atoms with Crippen LogP contribution in [-0.2, 0) is 4.79 Å². The Hall–Kier alpha value is -0.530. The zero-order valence-corrected chi connectivity index (χ0v) is 6.31. The lowest BCUT2D eigenvalue weighted by Crippen LogP contribution is -2.28. The van der Waals surface area contributed by atoms with Gasteiger partial charge in [0, 0.05) is 7.05 Å². The molecular formula is C8H13NO.